The van der Waals surface area contributed by atoms with Crippen molar-refractivity contribution < 1.29 is 0 Å². The van der Waals surface area contributed by atoms with Crippen LogP contribution in [0.2, 0.25) is 0 Å². The lowest BCUT2D eigenvalue weighted by Gasteiger charge is -2.15. The fourth-order valence-electron chi connectivity index (χ4n) is 1.88. The van der Waals surface area contributed by atoms with Crippen molar-refractivity contribution in [2.75, 3.05) is 0 Å². The molecule has 0 saturated carbocycles. The molecule has 2 rings (SSSR count). The van der Waals surface area contributed by atoms with Gasteiger partial charge in [0.05, 0.1) is 0 Å². The molecule has 1 aliphatic carbocycles. The third-order valence-corrected chi connectivity index (χ3v) is 3.00. The maximum absolute atomic E-state index is 2.26. The minimum atomic E-state index is 0.494. The molecule has 0 spiro atoms. The maximum Gasteiger partial charge on any atom is 0.00261 e. The van der Waals surface area contributed by atoms with Crippen LogP contribution in [-0.4, -0.2) is 0 Å². The van der Waals surface area contributed by atoms with Crippen LogP contribution in [0.1, 0.15) is 30.9 Å². The molecule has 76 valence electrons. The first-order chi connectivity index (χ1) is 7.29. The van der Waals surface area contributed by atoms with Crippen LogP contribution >= 0.6 is 0 Å². The van der Waals surface area contributed by atoms with E-state index in [0.717, 1.165) is 0 Å². The monoisotopic (exact) mass is 196 g/mol. The van der Waals surface area contributed by atoms with E-state index < -0.39 is 0 Å². The van der Waals surface area contributed by atoms with Crippen LogP contribution in [0.15, 0.2) is 54.1 Å². The van der Waals surface area contributed by atoms with Crippen LogP contribution in [0.4, 0.5) is 0 Å². The first-order valence-electron chi connectivity index (χ1n) is 5.39. The average Bonchev–Trinajstić information content (AvgIpc) is 2.33. The summed E-state index contributed by atoms with van der Waals surface area (Å²) in [6.45, 7) is 4.45. The van der Waals surface area contributed by atoms with E-state index in [9.17, 15) is 0 Å². The SMILES string of the molecule is C\C1=C/C=C\C=C\c2ccccc2C1C. The van der Waals surface area contributed by atoms with Crippen LogP contribution in [0, 0.1) is 0 Å². The van der Waals surface area contributed by atoms with E-state index in [1.54, 1.807) is 0 Å². The highest BCUT2D eigenvalue weighted by Crippen LogP contribution is 2.27. The summed E-state index contributed by atoms with van der Waals surface area (Å²) in [5, 5.41) is 0. The molecule has 0 heterocycles. The molecule has 15 heavy (non-hydrogen) atoms. The van der Waals surface area contributed by atoms with Gasteiger partial charge < -0.3 is 0 Å². The van der Waals surface area contributed by atoms with E-state index in [4.69, 9.17) is 0 Å². The lowest BCUT2D eigenvalue weighted by molar-refractivity contribution is 0.891. The van der Waals surface area contributed by atoms with Crippen molar-refractivity contribution in [3.8, 4) is 0 Å². The van der Waals surface area contributed by atoms with Crippen LogP contribution < -0.4 is 0 Å². The molecule has 0 bridgehead atoms. The maximum atomic E-state index is 2.26. The van der Waals surface area contributed by atoms with E-state index in [2.05, 4.69) is 68.5 Å². The molecule has 0 nitrogen and oxygen atoms in total. The molecule has 0 aliphatic heterocycles. The molecule has 1 unspecified atom stereocenters. The number of hydrogen-bond donors (Lipinski definition) is 0. The smallest absolute Gasteiger partial charge is 0.00261 e. The molecule has 0 amide bonds. The molecule has 1 aromatic rings. The first kappa shape index (κ1) is 9.97. The molecule has 0 saturated heterocycles. The minimum absolute atomic E-state index is 0.494. The van der Waals surface area contributed by atoms with Crippen molar-refractivity contribution in [3.63, 3.8) is 0 Å². The predicted octanol–water partition coefficient (Wildman–Crippen LogP) is 4.32. The van der Waals surface area contributed by atoms with Gasteiger partial charge in [-0.3, -0.25) is 0 Å². The highest BCUT2D eigenvalue weighted by Gasteiger charge is 2.10. The van der Waals surface area contributed by atoms with Gasteiger partial charge in [-0.05, 0) is 18.1 Å². The molecule has 1 atom stereocenters. The summed E-state index contributed by atoms with van der Waals surface area (Å²) < 4.78 is 0. The lowest BCUT2D eigenvalue weighted by atomic mass is 9.90. The molecule has 0 aromatic heterocycles. The zero-order chi connectivity index (χ0) is 10.7. The van der Waals surface area contributed by atoms with E-state index in [1.165, 1.54) is 16.7 Å². The standard InChI is InChI=1S/C15H16/c1-12-8-4-3-5-9-14-10-6-7-11-15(14)13(12)2/h3-11,13H,1-2H3/b4-3-,9-5+,12-8+. The second-order valence-electron chi connectivity index (χ2n) is 4.01. The van der Waals surface area contributed by atoms with Crippen LogP contribution in [0.5, 0.6) is 0 Å². The van der Waals surface area contributed by atoms with Gasteiger partial charge >= 0.3 is 0 Å². The molecule has 1 aliphatic rings. The number of hydrogen-bond acceptors (Lipinski definition) is 0. The highest BCUT2D eigenvalue weighted by molar-refractivity contribution is 5.58. The quantitative estimate of drug-likeness (QED) is 0.579. The summed E-state index contributed by atoms with van der Waals surface area (Å²) in [6.07, 6.45) is 10.7. The van der Waals surface area contributed by atoms with Gasteiger partial charge in [0.2, 0.25) is 0 Å². The van der Waals surface area contributed by atoms with E-state index in [0.29, 0.717) is 5.92 Å². The van der Waals surface area contributed by atoms with Crippen LogP contribution in [-0.2, 0) is 0 Å². The Bertz CT molecular complexity index is 433. The zero-order valence-electron chi connectivity index (χ0n) is 9.27. The lowest BCUT2D eigenvalue weighted by Crippen LogP contribution is -1.97. The summed E-state index contributed by atoms with van der Waals surface area (Å²) in [6, 6.07) is 8.60. The molecule has 0 fully saturated rings. The normalized spacial score (nSPS) is 27.6. The van der Waals surface area contributed by atoms with Gasteiger partial charge in [-0.15, -0.1) is 0 Å². The fourth-order valence-corrected chi connectivity index (χ4v) is 1.88. The second-order valence-corrected chi connectivity index (χ2v) is 4.01. The van der Waals surface area contributed by atoms with Crippen LogP contribution in [0.3, 0.4) is 0 Å². The van der Waals surface area contributed by atoms with E-state index in [1.807, 2.05) is 0 Å². The summed E-state index contributed by atoms with van der Waals surface area (Å²) in [4.78, 5) is 0. The van der Waals surface area contributed by atoms with Crippen molar-refractivity contribution in [2.45, 2.75) is 19.8 Å². The molecule has 1 aromatic carbocycles. The summed E-state index contributed by atoms with van der Waals surface area (Å²) in [7, 11) is 0. The van der Waals surface area contributed by atoms with Gasteiger partial charge in [0.25, 0.3) is 0 Å². The Morgan fingerprint density at radius 1 is 1.00 bits per heavy atom. The Morgan fingerprint density at radius 3 is 2.67 bits per heavy atom. The molecule has 0 N–H and O–H groups in total. The topological polar surface area (TPSA) is 0 Å². The van der Waals surface area contributed by atoms with Gasteiger partial charge in [-0.25, -0.2) is 0 Å². The number of benzene rings is 1. The fraction of sp³-hybridized carbons (Fsp3) is 0.200. The second kappa shape index (κ2) is 4.31. The van der Waals surface area contributed by atoms with Gasteiger partial charge in [-0.2, -0.15) is 0 Å². The summed E-state index contributed by atoms with van der Waals surface area (Å²) in [5.74, 6) is 0.494. The third-order valence-electron chi connectivity index (χ3n) is 3.00. The van der Waals surface area contributed by atoms with Crippen molar-refractivity contribution in [1.29, 1.82) is 0 Å². The molecule has 0 radical (unpaired) electrons. The van der Waals surface area contributed by atoms with Crippen LogP contribution in [0.25, 0.3) is 6.08 Å². The van der Waals surface area contributed by atoms with Crippen molar-refractivity contribution in [2.24, 2.45) is 0 Å². The Kier molecular flexibility index (Phi) is 2.86. The Morgan fingerprint density at radius 2 is 1.80 bits per heavy atom. The van der Waals surface area contributed by atoms with Gasteiger partial charge in [-0.1, -0.05) is 67.1 Å². The van der Waals surface area contributed by atoms with Crippen molar-refractivity contribution >= 4 is 6.08 Å². The Labute approximate surface area is 91.6 Å². The highest BCUT2D eigenvalue weighted by atomic mass is 14.1. The summed E-state index contributed by atoms with van der Waals surface area (Å²) in [5.41, 5.74) is 4.14. The first-order valence-corrected chi connectivity index (χ1v) is 5.39. The van der Waals surface area contributed by atoms with Crippen molar-refractivity contribution in [1.82, 2.24) is 0 Å². The molecular weight excluding hydrogens is 180 g/mol. The Balaban J connectivity index is 2.56. The van der Waals surface area contributed by atoms with E-state index >= 15 is 0 Å². The number of rotatable bonds is 0. The molecule has 0 heteroatoms. The Hall–Kier alpha value is -1.56. The minimum Gasteiger partial charge on any atom is -0.0661 e. The van der Waals surface area contributed by atoms with Gasteiger partial charge in [0, 0.05) is 5.92 Å². The van der Waals surface area contributed by atoms with Gasteiger partial charge in [0.1, 0.15) is 0 Å². The average molecular weight is 196 g/mol. The van der Waals surface area contributed by atoms with E-state index in [-0.39, 0.29) is 0 Å². The zero-order valence-corrected chi connectivity index (χ0v) is 9.27. The van der Waals surface area contributed by atoms with Gasteiger partial charge in [0.15, 0.2) is 0 Å². The number of allylic oxidation sites excluding steroid dienone is 5. The largest absolute Gasteiger partial charge is 0.0661 e. The third kappa shape index (κ3) is 2.10. The summed E-state index contributed by atoms with van der Waals surface area (Å²) >= 11 is 0. The number of fused-ring (bicyclic) bond motifs is 1. The molecular formula is C15H16. The predicted molar refractivity (Wildman–Crippen MR) is 66.8 cm³/mol. The van der Waals surface area contributed by atoms with Crippen molar-refractivity contribution in [3.05, 3.63) is 65.3 Å².